The van der Waals surface area contributed by atoms with Crippen LogP contribution in [0.25, 0.3) is 0 Å². The van der Waals surface area contributed by atoms with Crippen LogP contribution in [0, 0.1) is 5.92 Å². The van der Waals surface area contributed by atoms with Crippen molar-refractivity contribution in [3.63, 3.8) is 0 Å². The lowest BCUT2D eigenvalue weighted by Gasteiger charge is -2.27. The smallest absolute Gasteiger partial charge is 0.237 e. The fraction of sp³-hybridized carbons (Fsp3) is 0.909. The highest BCUT2D eigenvalue weighted by Crippen LogP contribution is 2.13. The van der Waals surface area contributed by atoms with Gasteiger partial charge in [0.1, 0.15) is 0 Å². The fourth-order valence-corrected chi connectivity index (χ4v) is 2.24. The molecular weight excluding hydrogens is 192 g/mol. The molecule has 2 saturated heterocycles. The van der Waals surface area contributed by atoms with Gasteiger partial charge in [0.05, 0.1) is 12.6 Å². The van der Waals surface area contributed by atoms with Crippen molar-refractivity contribution in [3.8, 4) is 0 Å². The van der Waals surface area contributed by atoms with Crippen LogP contribution in [0.3, 0.4) is 0 Å². The molecule has 2 N–H and O–H groups in total. The molecule has 0 aliphatic carbocycles. The van der Waals surface area contributed by atoms with E-state index >= 15 is 0 Å². The summed E-state index contributed by atoms with van der Waals surface area (Å²) < 4.78 is 5.41. The summed E-state index contributed by atoms with van der Waals surface area (Å²) in [4.78, 5) is 11.5. The van der Waals surface area contributed by atoms with Gasteiger partial charge in [-0.15, -0.1) is 0 Å². The molecule has 2 atom stereocenters. The average Bonchev–Trinajstić information content (AvgIpc) is 2.29. The van der Waals surface area contributed by atoms with E-state index in [1.165, 1.54) is 6.42 Å². The van der Waals surface area contributed by atoms with Crippen molar-refractivity contribution < 1.29 is 9.53 Å². The number of amides is 1. The van der Waals surface area contributed by atoms with Crippen molar-refractivity contribution in [2.75, 3.05) is 26.3 Å². The van der Waals surface area contributed by atoms with Crippen LogP contribution >= 0.6 is 0 Å². The molecule has 4 nitrogen and oxygen atoms in total. The van der Waals surface area contributed by atoms with Crippen LogP contribution < -0.4 is 10.6 Å². The molecule has 2 heterocycles. The summed E-state index contributed by atoms with van der Waals surface area (Å²) in [5, 5.41) is 6.24. The number of rotatable bonds is 3. The van der Waals surface area contributed by atoms with Crippen LogP contribution in [0.1, 0.15) is 25.7 Å². The van der Waals surface area contributed by atoms with Gasteiger partial charge < -0.3 is 15.4 Å². The zero-order valence-corrected chi connectivity index (χ0v) is 9.13. The van der Waals surface area contributed by atoms with E-state index in [2.05, 4.69) is 10.6 Å². The maximum Gasteiger partial charge on any atom is 0.237 e. The Morgan fingerprint density at radius 2 is 2.33 bits per heavy atom. The van der Waals surface area contributed by atoms with Crippen LogP contribution in [-0.2, 0) is 9.53 Å². The Morgan fingerprint density at radius 1 is 1.40 bits per heavy atom. The minimum Gasteiger partial charge on any atom is -0.381 e. The van der Waals surface area contributed by atoms with Gasteiger partial charge in [-0.1, -0.05) is 0 Å². The Bertz CT molecular complexity index is 215. The largest absolute Gasteiger partial charge is 0.381 e. The number of hydrogen-bond acceptors (Lipinski definition) is 3. The highest BCUT2D eigenvalue weighted by molar-refractivity contribution is 5.82. The average molecular weight is 212 g/mol. The fourth-order valence-electron chi connectivity index (χ4n) is 2.24. The van der Waals surface area contributed by atoms with E-state index in [0.29, 0.717) is 5.92 Å². The Morgan fingerprint density at radius 3 is 3.07 bits per heavy atom. The summed E-state index contributed by atoms with van der Waals surface area (Å²) in [6.45, 7) is 3.50. The van der Waals surface area contributed by atoms with Gasteiger partial charge in [0, 0.05) is 19.7 Å². The predicted molar refractivity (Wildman–Crippen MR) is 57.6 cm³/mol. The zero-order chi connectivity index (χ0) is 10.5. The Labute approximate surface area is 90.8 Å². The van der Waals surface area contributed by atoms with Gasteiger partial charge in [-0.3, -0.25) is 4.79 Å². The first-order valence-corrected chi connectivity index (χ1v) is 5.95. The van der Waals surface area contributed by atoms with Crippen LogP contribution in [0.2, 0.25) is 0 Å². The van der Waals surface area contributed by atoms with Gasteiger partial charge in [-0.05, 0) is 31.6 Å². The van der Waals surface area contributed by atoms with Crippen molar-refractivity contribution in [3.05, 3.63) is 0 Å². The molecule has 0 radical (unpaired) electrons. The lowest BCUT2D eigenvalue weighted by molar-refractivity contribution is -0.124. The summed E-state index contributed by atoms with van der Waals surface area (Å²) in [5.74, 6) is 0.756. The molecule has 15 heavy (non-hydrogen) atoms. The Hall–Kier alpha value is -0.610. The van der Waals surface area contributed by atoms with Gasteiger partial charge in [0.2, 0.25) is 5.91 Å². The molecule has 2 aliphatic heterocycles. The van der Waals surface area contributed by atoms with Crippen molar-refractivity contribution in [2.45, 2.75) is 31.7 Å². The topological polar surface area (TPSA) is 50.4 Å². The van der Waals surface area contributed by atoms with Crippen LogP contribution in [0.4, 0.5) is 0 Å². The van der Waals surface area contributed by atoms with Gasteiger partial charge >= 0.3 is 0 Å². The van der Waals surface area contributed by atoms with Crippen molar-refractivity contribution in [1.29, 1.82) is 0 Å². The van der Waals surface area contributed by atoms with Crippen molar-refractivity contribution >= 4 is 5.91 Å². The minimum atomic E-state index is 0.0284. The first kappa shape index (κ1) is 10.9. The molecule has 0 bridgehead atoms. The monoisotopic (exact) mass is 212 g/mol. The molecule has 0 aromatic carbocycles. The molecule has 0 aromatic heterocycles. The summed E-state index contributed by atoms with van der Waals surface area (Å²) in [6.07, 6.45) is 4.44. The molecule has 2 unspecified atom stereocenters. The third-order valence-corrected chi connectivity index (χ3v) is 3.19. The highest BCUT2D eigenvalue weighted by atomic mass is 16.5. The highest BCUT2D eigenvalue weighted by Gasteiger charge is 2.23. The van der Waals surface area contributed by atoms with Crippen molar-refractivity contribution in [2.24, 2.45) is 5.92 Å². The van der Waals surface area contributed by atoms with Crippen molar-refractivity contribution in [1.82, 2.24) is 10.6 Å². The van der Waals surface area contributed by atoms with E-state index in [9.17, 15) is 4.79 Å². The summed E-state index contributed by atoms with van der Waals surface area (Å²) in [7, 11) is 0. The second-order valence-corrected chi connectivity index (χ2v) is 4.48. The standard InChI is InChI=1S/C11H20N2O2/c14-11-10(4-1-5-12-11)13-7-9-3-2-6-15-8-9/h9-10,13H,1-8H2,(H,12,14). The SMILES string of the molecule is O=C1NCCCC1NCC1CCCOC1. The number of nitrogens with one attached hydrogen (secondary N) is 2. The second-order valence-electron chi connectivity index (χ2n) is 4.48. The molecular formula is C11H20N2O2. The maximum atomic E-state index is 11.5. The maximum absolute atomic E-state index is 11.5. The van der Waals surface area contributed by atoms with Crippen LogP contribution in [0.5, 0.6) is 0 Å². The number of carbonyl (C=O) groups excluding carboxylic acids is 1. The number of carbonyl (C=O) groups is 1. The summed E-state index contributed by atoms with van der Waals surface area (Å²) in [6, 6.07) is 0.0284. The molecule has 2 rings (SSSR count). The van der Waals surface area contributed by atoms with E-state index < -0.39 is 0 Å². The lowest BCUT2D eigenvalue weighted by Crippen LogP contribution is -2.49. The number of hydrogen-bond donors (Lipinski definition) is 2. The van der Waals surface area contributed by atoms with Gasteiger partial charge in [0.25, 0.3) is 0 Å². The third kappa shape index (κ3) is 3.18. The molecule has 86 valence electrons. The van der Waals surface area contributed by atoms with Gasteiger partial charge in [-0.25, -0.2) is 0 Å². The minimum absolute atomic E-state index is 0.0284. The zero-order valence-electron chi connectivity index (χ0n) is 9.13. The second kappa shape index (κ2) is 5.47. The van der Waals surface area contributed by atoms with E-state index in [1.807, 2.05) is 0 Å². The number of piperidine rings is 1. The first-order valence-electron chi connectivity index (χ1n) is 5.95. The third-order valence-electron chi connectivity index (χ3n) is 3.19. The Kier molecular flexibility index (Phi) is 3.97. The molecule has 0 spiro atoms. The predicted octanol–water partition coefficient (Wildman–Crippen LogP) is 0.281. The summed E-state index contributed by atoms with van der Waals surface area (Å²) in [5.41, 5.74) is 0. The Balaban J connectivity index is 1.69. The van der Waals surface area contributed by atoms with E-state index in [1.54, 1.807) is 0 Å². The van der Waals surface area contributed by atoms with E-state index in [4.69, 9.17) is 4.74 Å². The molecule has 0 aromatic rings. The van der Waals surface area contributed by atoms with Gasteiger partial charge in [-0.2, -0.15) is 0 Å². The van der Waals surface area contributed by atoms with Gasteiger partial charge in [0.15, 0.2) is 0 Å². The molecule has 1 amide bonds. The van der Waals surface area contributed by atoms with Crippen LogP contribution in [-0.4, -0.2) is 38.3 Å². The molecule has 0 saturated carbocycles. The van der Waals surface area contributed by atoms with E-state index in [-0.39, 0.29) is 11.9 Å². The first-order chi connectivity index (χ1) is 7.36. The molecule has 4 heteroatoms. The molecule has 2 aliphatic rings. The quantitative estimate of drug-likeness (QED) is 0.706. The number of ether oxygens (including phenoxy) is 1. The molecule has 2 fully saturated rings. The lowest BCUT2D eigenvalue weighted by atomic mass is 10.0. The van der Waals surface area contributed by atoms with E-state index in [0.717, 1.165) is 45.6 Å². The van der Waals surface area contributed by atoms with Crippen LogP contribution in [0.15, 0.2) is 0 Å². The normalized spacial score (nSPS) is 32.4. The summed E-state index contributed by atoms with van der Waals surface area (Å²) >= 11 is 0.